The molecule has 1 aromatic rings. The fourth-order valence-electron chi connectivity index (χ4n) is 3.51. The van der Waals surface area contributed by atoms with Gasteiger partial charge in [-0.05, 0) is 43.6 Å². The first-order valence-electron chi connectivity index (χ1n) is 7.41. The number of halogens is 2. The van der Waals surface area contributed by atoms with Crippen LogP contribution in [0.5, 0.6) is 5.75 Å². The van der Waals surface area contributed by atoms with Gasteiger partial charge in [0, 0.05) is 6.07 Å². The molecule has 0 saturated heterocycles. The molecule has 3 atom stereocenters. The fourth-order valence-corrected chi connectivity index (χ4v) is 4.16. The highest BCUT2D eigenvalue weighted by Gasteiger charge is 2.41. The summed E-state index contributed by atoms with van der Waals surface area (Å²) in [6, 6.07) is 2.14. The number of sulfonamides is 1. The lowest BCUT2D eigenvalue weighted by molar-refractivity contribution is 0.0977. The lowest BCUT2D eigenvalue weighted by Crippen LogP contribution is -2.30. The van der Waals surface area contributed by atoms with Crippen LogP contribution in [-0.2, 0) is 10.0 Å². The molecule has 126 valence electrons. The number of nitrogens with one attached hydrogen (secondary N) is 1. The SMILES string of the molecule is CS(=O)(=O)NC(=O)c1cc(Cl)c(O[C@@H]2C[C@@H]3CC[C@H]2C3)cc1F. The van der Waals surface area contributed by atoms with Crippen LogP contribution in [0.3, 0.4) is 0 Å². The van der Waals surface area contributed by atoms with Crippen molar-refractivity contribution < 1.29 is 22.3 Å². The summed E-state index contributed by atoms with van der Waals surface area (Å²) in [5, 5.41) is 0.0906. The minimum absolute atomic E-state index is 0.0290. The van der Waals surface area contributed by atoms with Gasteiger partial charge in [-0.25, -0.2) is 17.5 Å². The Labute approximate surface area is 139 Å². The van der Waals surface area contributed by atoms with Gasteiger partial charge in [0.05, 0.1) is 16.8 Å². The Morgan fingerprint density at radius 1 is 1.35 bits per heavy atom. The Bertz CT molecular complexity index is 752. The molecular formula is C15H17ClFNO4S. The second-order valence-electron chi connectivity index (χ2n) is 6.30. The summed E-state index contributed by atoms with van der Waals surface area (Å²) < 4.78 is 43.8. The van der Waals surface area contributed by atoms with Gasteiger partial charge in [0.25, 0.3) is 5.91 Å². The molecule has 3 rings (SSSR count). The van der Waals surface area contributed by atoms with Gasteiger partial charge in [-0.3, -0.25) is 4.79 Å². The smallest absolute Gasteiger partial charge is 0.267 e. The molecule has 0 heterocycles. The van der Waals surface area contributed by atoms with Crippen molar-refractivity contribution >= 4 is 27.5 Å². The van der Waals surface area contributed by atoms with Gasteiger partial charge in [0.2, 0.25) is 10.0 Å². The van der Waals surface area contributed by atoms with Crippen molar-refractivity contribution in [2.24, 2.45) is 11.8 Å². The molecule has 1 amide bonds. The lowest BCUT2D eigenvalue weighted by atomic mass is 9.98. The maximum atomic E-state index is 14.1. The molecule has 0 spiro atoms. The zero-order chi connectivity index (χ0) is 16.8. The Kier molecular flexibility index (Phi) is 4.27. The second kappa shape index (κ2) is 5.94. The predicted octanol–water partition coefficient (Wildman–Crippen LogP) is 2.74. The molecule has 5 nitrogen and oxygen atoms in total. The van der Waals surface area contributed by atoms with Crippen LogP contribution in [0.2, 0.25) is 5.02 Å². The van der Waals surface area contributed by atoms with Crippen LogP contribution >= 0.6 is 11.6 Å². The average molecular weight is 362 g/mol. The Morgan fingerprint density at radius 3 is 2.65 bits per heavy atom. The van der Waals surface area contributed by atoms with Gasteiger partial charge >= 0.3 is 0 Å². The van der Waals surface area contributed by atoms with Crippen molar-refractivity contribution in [3.05, 3.63) is 28.5 Å². The molecule has 8 heteroatoms. The summed E-state index contributed by atoms with van der Waals surface area (Å²) in [6.07, 6.45) is 5.26. The zero-order valence-electron chi connectivity index (χ0n) is 12.5. The summed E-state index contributed by atoms with van der Waals surface area (Å²) >= 11 is 6.08. The highest BCUT2D eigenvalue weighted by molar-refractivity contribution is 7.89. The first-order valence-corrected chi connectivity index (χ1v) is 9.67. The topological polar surface area (TPSA) is 72.5 Å². The molecule has 2 aliphatic rings. The van der Waals surface area contributed by atoms with Gasteiger partial charge in [0.15, 0.2) is 0 Å². The third kappa shape index (κ3) is 3.61. The number of hydrogen-bond acceptors (Lipinski definition) is 4. The van der Waals surface area contributed by atoms with Crippen LogP contribution < -0.4 is 9.46 Å². The summed E-state index contributed by atoms with van der Waals surface area (Å²) in [5.41, 5.74) is -0.430. The molecule has 1 aromatic carbocycles. The number of ether oxygens (including phenoxy) is 1. The normalized spacial score (nSPS) is 26.3. The monoisotopic (exact) mass is 361 g/mol. The van der Waals surface area contributed by atoms with Crippen molar-refractivity contribution in [2.75, 3.05) is 6.26 Å². The highest BCUT2D eigenvalue weighted by atomic mass is 35.5. The van der Waals surface area contributed by atoms with E-state index in [0.717, 1.165) is 37.7 Å². The Hall–Kier alpha value is -1.34. The van der Waals surface area contributed by atoms with Crippen molar-refractivity contribution in [3.63, 3.8) is 0 Å². The van der Waals surface area contributed by atoms with E-state index >= 15 is 0 Å². The molecule has 2 saturated carbocycles. The average Bonchev–Trinajstić information content (AvgIpc) is 3.02. The van der Waals surface area contributed by atoms with E-state index in [1.807, 2.05) is 0 Å². The van der Waals surface area contributed by atoms with E-state index < -0.39 is 27.3 Å². The molecule has 2 fully saturated rings. The van der Waals surface area contributed by atoms with E-state index in [-0.39, 0.29) is 16.9 Å². The number of benzene rings is 1. The van der Waals surface area contributed by atoms with Crippen LogP contribution in [0.15, 0.2) is 12.1 Å². The number of carbonyl (C=O) groups is 1. The molecule has 0 aromatic heterocycles. The van der Waals surface area contributed by atoms with Gasteiger partial charge in [-0.2, -0.15) is 0 Å². The largest absolute Gasteiger partial charge is 0.488 e. The first kappa shape index (κ1) is 16.5. The molecule has 23 heavy (non-hydrogen) atoms. The van der Waals surface area contributed by atoms with Crippen molar-refractivity contribution in [2.45, 2.75) is 31.8 Å². The molecule has 1 N–H and O–H groups in total. The third-order valence-corrected chi connectivity index (χ3v) is 5.35. The van der Waals surface area contributed by atoms with Crippen LogP contribution in [0.25, 0.3) is 0 Å². The second-order valence-corrected chi connectivity index (χ2v) is 8.45. The van der Waals surface area contributed by atoms with E-state index in [1.165, 1.54) is 6.42 Å². The number of hydrogen-bond donors (Lipinski definition) is 1. The van der Waals surface area contributed by atoms with Crippen LogP contribution in [0, 0.1) is 17.7 Å². The van der Waals surface area contributed by atoms with E-state index in [0.29, 0.717) is 11.8 Å². The molecule has 0 unspecified atom stereocenters. The number of rotatable bonds is 4. The summed E-state index contributed by atoms with van der Waals surface area (Å²) in [5.74, 6) is -0.578. The van der Waals surface area contributed by atoms with Crippen LogP contribution in [0.4, 0.5) is 4.39 Å². The molecule has 2 bridgehead atoms. The quantitative estimate of drug-likeness (QED) is 0.895. The van der Waals surface area contributed by atoms with Gasteiger partial charge in [-0.15, -0.1) is 0 Å². The maximum Gasteiger partial charge on any atom is 0.267 e. The number of amides is 1. The molecule has 2 aliphatic carbocycles. The minimum Gasteiger partial charge on any atom is -0.488 e. The van der Waals surface area contributed by atoms with Crippen molar-refractivity contribution in [3.8, 4) is 5.75 Å². The highest BCUT2D eigenvalue weighted by Crippen LogP contribution is 2.46. The van der Waals surface area contributed by atoms with E-state index in [2.05, 4.69) is 0 Å². The summed E-state index contributed by atoms with van der Waals surface area (Å²) in [4.78, 5) is 11.8. The number of fused-ring (bicyclic) bond motifs is 2. The van der Waals surface area contributed by atoms with Gasteiger partial charge < -0.3 is 4.74 Å². The maximum absolute atomic E-state index is 14.1. The van der Waals surface area contributed by atoms with Crippen LogP contribution in [-0.4, -0.2) is 26.7 Å². The summed E-state index contributed by atoms with van der Waals surface area (Å²) in [7, 11) is -3.78. The standard InChI is InChI=1S/C15H17ClFNO4S/c1-23(20,21)18-15(19)10-6-11(16)14(7-12(10)17)22-13-5-8-2-3-9(13)4-8/h6-9,13H,2-5H2,1H3,(H,18,19)/t8-,9+,13-/m1/s1. The van der Waals surface area contributed by atoms with E-state index in [4.69, 9.17) is 16.3 Å². The van der Waals surface area contributed by atoms with Crippen LogP contribution in [0.1, 0.15) is 36.0 Å². The molecular weight excluding hydrogens is 345 g/mol. The Morgan fingerprint density at radius 2 is 2.09 bits per heavy atom. The number of carbonyl (C=O) groups excluding carboxylic acids is 1. The zero-order valence-corrected chi connectivity index (χ0v) is 14.1. The van der Waals surface area contributed by atoms with Crippen molar-refractivity contribution in [1.82, 2.24) is 4.72 Å². The van der Waals surface area contributed by atoms with Gasteiger partial charge in [0.1, 0.15) is 17.7 Å². The fraction of sp³-hybridized carbons (Fsp3) is 0.533. The predicted molar refractivity (Wildman–Crippen MR) is 83.6 cm³/mol. The Balaban J connectivity index is 1.79. The lowest BCUT2D eigenvalue weighted by Gasteiger charge is -2.23. The minimum atomic E-state index is -3.78. The summed E-state index contributed by atoms with van der Waals surface area (Å²) in [6.45, 7) is 0. The van der Waals surface area contributed by atoms with Crippen molar-refractivity contribution in [1.29, 1.82) is 0 Å². The first-order chi connectivity index (χ1) is 10.7. The molecule has 0 radical (unpaired) electrons. The van der Waals surface area contributed by atoms with Gasteiger partial charge in [-0.1, -0.05) is 11.6 Å². The van der Waals surface area contributed by atoms with E-state index in [1.54, 1.807) is 4.72 Å². The van der Waals surface area contributed by atoms with E-state index in [9.17, 15) is 17.6 Å². The third-order valence-electron chi connectivity index (χ3n) is 4.50. The molecule has 0 aliphatic heterocycles.